The van der Waals surface area contributed by atoms with Crippen molar-refractivity contribution in [2.45, 2.75) is 39.0 Å². The van der Waals surface area contributed by atoms with E-state index in [0.717, 1.165) is 41.8 Å². The summed E-state index contributed by atoms with van der Waals surface area (Å²) in [5.41, 5.74) is 2.74. The molecule has 0 atom stereocenters. The van der Waals surface area contributed by atoms with Gasteiger partial charge in [0.15, 0.2) is 11.7 Å². The Labute approximate surface area is 195 Å². The van der Waals surface area contributed by atoms with Gasteiger partial charge < -0.3 is 14.6 Å². The third-order valence-corrected chi connectivity index (χ3v) is 6.08. The Morgan fingerprint density at radius 2 is 1.64 bits per heavy atom. The van der Waals surface area contributed by atoms with Gasteiger partial charge in [-0.1, -0.05) is 67.6 Å². The third kappa shape index (κ3) is 5.69. The van der Waals surface area contributed by atoms with E-state index in [9.17, 15) is 9.59 Å². The highest BCUT2D eigenvalue weighted by Crippen LogP contribution is 2.33. The first-order valence-electron chi connectivity index (χ1n) is 11.8. The van der Waals surface area contributed by atoms with E-state index in [1.54, 1.807) is 0 Å². The van der Waals surface area contributed by atoms with Crippen LogP contribution in [0.3, 0.4) is 0 Å². The fraction of sp³-hybridized carbons (Fsp3) is 0.370. The van der Waals surface area contributed by atoms with Crippen LogP contribution >= 0.6 is 0 Å². The minimum Gasteiger partial charge on any atom is -0.440 e. The van der Waals surface area contributed by atoms with Crippen molar-refractivity contribution in [3.8, 4) is 22.6 Å². The van der Waals surface area contributed by atoms with Crippen LogP contribution in [0.5, 0.6) is 0 Å². The number of hydrogen-bond acceptors (Lipinski definition) is 4. The SMILES string of the molecule is CCCNC(=O)C1CCN(C(=O)CCc2nc(-c3ccccc3)c(-c3ccccc3)o2)CC1. The van der Waals surface area contributed by atoms with Gasteiger partial charge in [-0.2, -0.15) is 0 Å². The van der Waals surface area contributed by atoms with Gasteiger partial charge in [-0.3, -0.25) is 9.59 Å². The van der Waals surface area contributed by atoms with Crippen LogP contribution in [-0.2, 0) is 16.0 Å². The number of nitrogens with one attached hydrogen (secondary N) is 1. The second-order valence-corrected chi connectivity index (χ2v) is 8.46. The number of carbonyl (C=O) groups is 2. The lowest BCUT2D eigenvalue weighted by Crippen LogP contribution is -2.43. The van der Waals surface area contributed by atoms with Gasteiger partial charge in [-0.05, 0) is 19.3 Å². The maximum Gasteiger partial charge on any atom is 0.223 e. The molecule has 1 saturated heterocycles. The quantitative estimate of drug-likeness (QED) is 0.545. The van der Waals surface area contributed by atoms with Gasteiger partial charge >= 0.3 is 0 Å². The van der Waals surface area contributed by atoms with E-state index in [-0.39, 0.29) is 17.7 Å². The van der Waals surface area contributed by atoms with E-state index in [1.165, 1.54) is 0 Å². The molecule has 1 N–H and O–H groups in total. The van der Waals surface area contributed by atoms with Crippen LogP contribution in [0.4, 0.5) is 0 Å². The number of oxazole rings is 1. The molecule has 1 fully saturated rings. The van der Waals surface area contributed by atoms with Crippen LogP contribution in [0.2, 0.25) is 0 Å². The van der Waals surface area contributed by atoms with Crippen molar-refractivity contribution in [3.63, 3.8) is 0 Å². The summed E-state index contributed by atoms with van der Waals surface area (Å²) in [4.78, 5) is 31.6. The fourth-order valence-corrected chi connectivity index (χ4v) is 4.20. The van der Waals surface area contributed by atoms with Crippen molar-refractivity contribution >= 4 is 11.8 Å². The normalized spacial score (nSPS) is 14.3. The van der Waals surface area contributed by atoms with Gasteiger partial charge in [-0.15, -0.1) is 0 Å². The highest BCUT2D eigenvalue weighted by atomic mass is 16.4. The minimum atomic E-state index is 0.00852. The first-order valence-corrected chi connectivity index (χ1v) is 11.8. The number of aromatic nitrogens is 1. The first kappa shape index (κ1) is 22.8. The van der Waals surface area contributed by atoms with Crippen molar-refractivity contribution in [3.05, 3.63) is 66.6 Å². The minimum absolute atomic E-state index is 0.00852. The monoisotopic (exact) mass is 445 g/mol. The summed E-state index contributed by atoms with van der Waals surface area (Å²) >= 11 is 0. The second kappa shape index (κ2) is 10.9. The molecular weight excluding hydrogens is 414 g/mol. The van der Waals surface area contributed by atoms with E-state index in [4.69, 9.17) is 9.40 Å². The summed E-state index contributed by atoms with van der Waals surface area (Å²) in [5.74, 6) is 1.50. The lowest BCUT2D eigenvalue weighted by atomic mass is 9.95. The Hall–Kier alpha value is -3.41. The van der Waals surface area contributed by atoms with Crippen molar-refractivity contribution < 1.29 is 14.0 Å². The molecule has 0 unspecified atom stereocenters. The maximum absolute atomic E-state index is 12.8. The lowest BCUT2D eigenvalue weighted by Gasteiger charge is -2.31. The molecule has 2 aromatic carbocycles. The highest BCUT2D eigenvalue weighted by Gasteiger charge is 2.27. The molecule has 0 saturated carbocycles. The molecule has 2 heterocycles. The summed E-state index contributed by atoms with van der Waals surface area (Å²) in [6, 6.07) is 19.9. The van der Waals surface area contributed by atoms with Crippen LogP contribution in [0.1, 0.15) is 38.5 Å². The number of rotatable bonds is 8. The largest absolute Gasteiger partial charge is 0.440 e. The number of carbonyl (C=O) groups excluding carboxylic acids is 2. The number of amides is 2. The molecule has 0 aliphatic carbocycles. The molecule has 0 radical (unpaired) electrons. The van der Waals surface area contributed by atoms with Crippen molar-refractivity contribution in [2.24, 2.45) is 5.92 Å². The Balaban J connectivity index is 1.39. The number of benzene rings is 2. The molecule has 2 amide bonds. The molecule has 0 bridgehead atoms. The zero-order valence-corrected chi connectivity index (χ0v) is 19.1. The third-order valence-electron chi connectivity index (χ3n) is 6.08. The van der Waals surface area contributed by atoms with Crippen LogP contribution < -0.4 is 5.32 Å². The Kier molecular flexibility index (Phi) is 7.55. The maximum atomic E-state index is 12.8. The standard InChI is InChI=1S/C27H31N3O3/c1-2-17-28-27(32)22-15-18-30(19-16-22)24(31)14-13-23-29-25(20-9-5-3-6-10-20)26(33-23)21-11-7-4-8-12-21/h3-12,22H,2,13-19H2,1H3,(H,28,32). The summed E-state index contributed by atoms with van der Waals surface area (Å²) in [6.45, 7) is 4.00. The van der Waals surface area contributed by atoms with E-state index in [0.29, 0.717) is 38.4 Å². The molecule has 3 aromatic rings. The van der Waals surface area contributed by atoms with Gasteiger partial charge in [0.25, 0.3) is 0 Å². The van der Waals surface area contributed by atoms with Gasteiger partial charge in [0.2, 0.25) is 11.8 Å². The van der Waals surface area contributed by atoms with Crippen molar-refractivity contribution in [2.75, 3.05) is 19.6 Å². The van der Waals surface area contributed by atoms with Crippen molar-refractivity contribution in [1.82, 2.24) is 15.2 Å². The zero-order valence-electron chi connectivity index (χ0n) is 19.1. The first-order chi connectivity index (χ1) is 16.2. The number of likely N-dealkylation sites (tertiary alicyclic amines) is 1. The number of piperidine rings is 1. The summed E-state index contributed by atoms with van der Waals surface area (Å²) in [5, 5.41) is 2.96. The predicted octanol–water partition coefficient (Wildman–Crippen LogP) is 4.71. The fourth-order valence-electron chi connectivity index (χ4n) is 4.20. The molecule has 6 heteroatoms. The highest BCUT2D eigenvalue weighted by molar-refractivity contribution is 5.80. The van der Waals surface area contributed by atoms with Crippen LogP contribution in [0.25, 0.3) is 22.6 Å². The number of hydrogen-bond donors (Lipinski definition) is 1. The van der Waals surface area contributed by atoms with E-state index in [2.05, 4.69) is 5.32 Å². The topological polar surface area (TPSA) is 75.4 Å². The Morgan fingerprint density at radius 3 is 2.27 bits per heavy atom. The molecule has 1 aromatic heterocycles. The van der Waals surface area contributed by atoms with Gasteiger partial charge in [0.05, 0.1) is 0 Å². The number of aryl methyl sites for hydroxylation is 1. The predicted molar refractivity (Wildman–Crippen MR) is 128 cm³/mol. The molecule has 1 aliphatic heterocycles. The average Bonchev–Trinajstić information content (AvgIpc) is 3.31. The molecule has 33 heavy (non-hydrogen) atoms. The molecule has 1 aliphatic rings. The summed E-state index contributed by atoms with van der Waals surface area (Å²) in [6.07, 6.45) is 3.16. The van der Waals surface area contributed by atoms with Gasteiger partial charge in [0.1, 0.15) is 5.69 Å². The molecular formula is C27H31N3O3. The Morgan fingerprint density at radius 1 is 1.00 bits per heavy atom. The van der Waals surface area contributed by atoms with Crippen molar-refractivity contribution in [1.29, 1.82) is 0 Å². The Bertz CT molecular complexity index is 998. The van der Waals surface area contributed by atoms with Gasteiger partial charge in [-0.25, -0.2) is 4.98 Å². The van der Waals surface area contributed by atoms with Gasteiger partial charge in [0, 0.05) is 49.5 Å². The average molecular weight is 446 g/mol. The van der Waals surface area contributed by atoms with Crippen LogP contribution in [0, 0.1) is 5.92 Å². The van der Waals surface area contributed by atoms with E-state index in [1.807, 2.05) is 72.5 Å². The molecule has 0 spiro atoms. The lowest BCUT2D eigenvalue weighted by molar-refractivity contribution is -0.135. The van der Waals surface area contributed by atoms with Crippen LogP contribution in [0.15, 0.2) is 65.1 Å². The smallest absolute Gasteiger partial charge is 0.223 e. The zero-order chi connectivity index (χ0) is 23.0. The number of nitrogens with zero attached hydrogens (tertiary/aromatic N) is 2. The molecule has 4 rings (SSSR count). The summed E-state index contributed by atoms with van der Waals surface area (Å²) in [7, 11) is 0. The molecule has 172 valence electrons. The van der Waals surface area contributed by atoms with E-state index < -0.39 is 0 Å². The van der Waals surface area contributed by atoms with E-state index >= 15 is 0 Å². The second-order valence-electron chi connectivity index (χ2n) is 8.46. The molecule has 6 nitrogen and oxygen atoms in total. The summed E-state index contributed by atoms with van der Waals surface area (Å²) < 4.78 is 6.14. The van der Waals surface area contributed by atoms with Crippen LogP contribution in [-0.4, -0.2) is 41.3 Å².